The van der Waals surface area contributed by atoms with Crippen molar-refractivity contribution in [3.8, 4) is 0 Å². The van der Waals surface area contributed by atoms with Crippen molar-refractivity contribution in [3.63, 3.8) is 0 Å². The summed E-state index contributed by atoms with van der Waals surface area (Å²) in [6, 6.07) is -0.0562. The molecule has 2 heterocycles. The Morgan fingerprint density at radius 1 is 1.52 bits per heavy atom. The highest BCUT2D eigenvalue weighted by atomic mass is 32.1. The number of nitrogens with one attached hydrogen (secondary N) is 1. The number of nitrogens with zero attached hydrogens (tertiary/aromatic N) is 2. The number of amides is 2. The molecule has 1 aliphatic carbocycles. The van der Waals surface area contributed by atoms with Gasteiger partial charge in [0, 0.05) is 24.7 Å². The van der Waals surface area contributed by atoms with Gasteiger partial charge in [0.25, 0.3) is 0 Å². The number of methoxy groups -OCH3 is 1. The first-order chi connectivity index (χ1) is 11.1. The zero-order valence-electron chi connectivity index (χ0n) is 13.6. The summed E-state index contributed by atoms with van der Waals surface area (Å²) in [5.74, 6) is -0.0610. The second-order valence-corrected chi connectivity index (χ2v) is 7.34. The number of carbonyl (C=O) groups excluding carboxylic acids is 2. The lowest BCUT2D eigenvalue weighted by molar-refractivity contribution is -0.143. The van der Waals surface area contributed by atoms with E-state index in [4.69, 9.17) is 4.74 Å². The summed E-state index contributed by atoms with van der Waals surface area (Å²) in [5, 5.41) is 5.95. The van der Waals surface area contributed by atoms with Gasteiger partial charge in [-0.2, -0.15) is 0 Å². The molecule has 0 radical (unpaired) electrons. The molecule has 2 fully saturated rings. The minimum atomic E-state index is -0.0993. The molecule has 1 saturated heterocycles. The molecule has 6 nitrogen and oxygen atoms in total. The van der Waals surface area contributed by atoms with Crippen LogP contribution in [0.3, 0.4) is 0 Å². The molecule has 2 atom stereocenters. The number of thiazole rings is 1. The molecule has 7 heteroatoms. The Bertz CT molecular complexity index is 567. The van der Waals surface area contributed by atoms with E-state index in [-0.39, 0.29) is 29.4 Å². The topological polar surface area (TPSA) is 71.5 Å². The zero-order valence-corrected chi connectivity index (χ0v) is 14.4. The number of urea groups is 1. The minimum Gasteiger partial charge on any atom is -0.469 e. The first kappa shape index (κ1) is 16.2. The summed E-state index contributed by atoms with van der Waals surface area (Å²) in [7, 11) is 1.44. The molecule has 0 unspecified atom stereocenters. The van der Waals surface area contributed by atoms with Gasteiger partial charge in [-0.3, -0.25) is 4.79 Å². The number of esters is 1. The molecule has 1 N–H and O–H groups in total. The maximum absolute atomic E-state index is 12.5. The lowest BCUT2D eigenvalue weighted by Crippen LogP contribution is -2.46. The van der Waals surface area contributed by atoms with Gasteiger partial charge in [0.2, 0.25) is 0 Å². The number of hydrogen-bond donors (Lipinski definition) is 1. The van der Waals surface area contributed by atoms with Crippen LogP contribution < -0.4 is 5.32 Å². The van der Waals surface area contributed by atoms with Crippen LogP contribution in [0.25, 0.3) is 0 Å². The summed E-state index contributed by atoms with van der Waals surface area (Å²) in [6.45, 7) is 3.45. The molecule has 1 aliphatic heterocycles. The van der Waals surface area contributed by atoms with Crippen molar-refractivity contribution in [2.75, 3.05) is 20.2 Å². The maximum atomic E-state index is 12.5. The van der Waals surface area contributed by atoms with Gasteiger partial charge in [0.15, 0.2) is 0 Å². The van der Waals surface area contributed by atoms with E-state index in [2.05, 4.69) is 10.3 Å². The number of piperidine rings is 1. The van der Waals surface area contributed by atoms with Crippen molar-refractivity contribution >= 4 is 23.3 Å². The lowest BCUT2D eigenvalue weighted by atomic mass is 9.91. The molecular weight excluding hydrogens is 314 g/mol. The Kier molecular flexibility index (Phi) is 4.57. The molecule has 1 aromatic rings. The van der Waals surface area contributed by atoms with Crippen LogP contribution >= 0.6 is 11.3 Å². The highest BCUT2D eigenvalue weighted by Gasteiger charge is 2.59. The van der Waals surface area contributed by atoms with E-state index >= 15 is 0 Å². The van der Waals surface area contributed by atoms with Crippen LogP contribution in [0.1, 0.15) is 43.7 Å². The molecule has 1 saturated carbocycles. The largest absolute Gasteiger partial charge is 0.469 e. The van der Waals surface area contributed by atoms with E-state index in [0.717, 1.165) is 30.7 Å². The molecule has 1 spiro atoms. The van der Waals surface area contributed by atoms with Gasteiger partial charge >= 0.3 is 12.0 Å². The number of rotatable bonds is 4. The molecule has 2 aliphatic rings. The van der Waals surface area contributed by atoms with E-state index in [1.807, 2.05) is 17.2 Å². The predicted molar refractivity (Wildman–Crippen MR) is 87.0 cm³/mol. The third kappa shape index (κ3) is 3.20. The SMILES string of the molecule is CC[C@@H](NC(=O)N1CCC2(CC1)C[C@@H]2C(=O)OC)c1nccs1. The van der Waals surface area contributed by atoms with E-state index in [1.54, 1.807) is 17.5 Å². The fraction of sp³-hybridized carbons (Fsp3) is 0.688. The van der Waals surface area contributed by atoms with Crippen LogP contribution in [0, 0.1) is 11.3 Å². The first-order valence-corrected chi connectivity index (χ1v) is 9.00. The number of ether oxygens (including phenoxy) is 1. The fourth-order valence-electron chi connectivity index (χ4n) is 3.52. The third-order valence-electron chi connectivity index (χ3n) is 5.18. The Morgan fingerprint density at radius 3 is 2.83 bits per heavy atom. The van der Waals surface area contributed by atoms with Gasteiger partial charge in [-0.15, -0.1) is 11.3 Å². The Labute approximate surface area is 140 Å². The highest BCUT2D eigenvalue weighted by Crippen LogP contribution is 2.59. The summed E-state index contributed by atoms with van der Waals surface area (Å²) in [4.78, 5) is 30.3. The Hall–Kier alpha value is -1.63. The van der Waals surface area contributed by atoms with E-state index in [0.29, 0.717) is 13.1 Å². The second-order valence-electron chi connectivity index (χ2n) is 6.41. The van der Waals surface area contributed by atoms with Crippen molar-refractivity contribution in [2.24, 2.45) is 11.3 Å². The smallest absolute Gasteiger partial charge is 0.317 e. The van der Waals surface area contributed by atoms with Crippen molar-refractivity contribution in [3.05, 3.63) is 16.6 Å². The van der Waals surface area contributed by atoms with Crippen LogP contribution in [0.15, 0.2) is 11.6 Å². The third-order valence-corrected chi connectivity index (χ3v) is 6.07. The van der Waals surface area contributed by atoms with Crippen molar-refractivity contribution in [1.29, 1.82) is 0 Å². The standard InChI is InChI=1S/C16H23N3O3S/c1-3-12(13-17-6-9-23-13)18-15(21)19-7-4-16(5-8-19)10-11(16)14(20)22-2/h6,9,11-12H,3-5,7-8,10H2,1-2H3,(H,18,21)/t11-,12-/m1/s1. The summed E-state index contributed by atoms with van der Waals surface area (Å²) < 4.78 is 4.85. The Morgan fingerprint density at radius 2 is 2.26 bits per heavy atom. The minimum absolute atomic E-state index is 0.0258. The van der Waals surface area contributed by atoms with Gasteiger partial charge in [0.1, 0.15) is 5.01 Å². The monoisotopic (exact) mass is 337 g/mol. The van der Waals surface area contributed by atoms with Gasteiger partial charge in [0.05, 0.1) is 19.1 Å². The molecule has 3 rings (SSSR count). The second kappa shape index (κ2) is 6.47. The zero-order chi connectivity index (χ0) is 16.4. The van der Waals surface area contributed by atoms with Gasteiger partial charge in [-0.1, -0.05) is 6.92 Å². The molecule has 23 heavy (non-hydrogen) atoms. The maximum Gasteiger partial charge on any atom is 0.317 e. The van der Waals surface area contributed by atoms with Gasteiger partial charge in [-0.25, -0.2) is 9.78 Å². The van der Waals surface area contributed by atoms with Crippen molar-refractivity contribution in [1.82, 2.24) is 15.2 Å². The van der Waals surface area contributed by atoms with E-state index in [9.17, 15) is 9.59 Å². The van der Waals surface area contributed by atoms with E-state index in [1.165, 1.54) is 7.11 Å². The normalized spacial score (nSPS) is 23.4. The van der Waals surface area contributed by atoms with Gasteiger partial charge < -0.3 is 15.0 Å². The quantitative estimate of drug-likeness (QED) is 0.857. The number of hydrogen-bond acceptors (Lipinski definition) is 5. The molecule has 0 bridgehead atoms. The first-order valence-electron chi connectivity index (χ1n) is 8.12. The number of likely N-dealkylation sites (tertiary alicyclic amines) is 1. The molecule has 0 aromatic carbocycles. The summed E-state index contributed by atoms with van der Waals surface area (Å²) >= 11 is 1.56. The molecule has 1 aromatic heterocycles. The van der Waals surface area contributed by atoms with Crippen LogP contribution in [0.2, 0.25) is 0 Å². The number of carbonyl (C=O) groups is 2. The van der Waals surface area contributed by atoms with Crippen LogP contribution in [0.5, 0.6) is 0 Å². The predicted octanol–water partition coefficient (Wildman–Crippen LogP) is 2.58. The Balaban J connectivity index is 1.52. The van der Waals surface area contributed by atoms with Crippen molar-refractivity contribution in [2.45, 2.75) is 38.6 Å². The average molecular weight is 337 g/mol. The van der Waals surface area contributed by atoms with E-state index < -0.39 is 0 Å². The average Bonchev–Trinajstić information content (AvgIpc) is 3.00. The fourth-order valence-corrected chi connectivity index (χ4v) is 4.29. The highest BCUT2D eigenvalue weighted by molar-refractivity contribution is 7.09. The van der Waals surface area contributed by atoms with Crippen molar-refractivity contribution < 1.29 is 14.3 Å². The molecule has 2 amide bonds. The number of aromatic nitrogens is 1. The van der Waals surface area contributed by atoms with Crippen LogP contribution in [-0.4, -0.2) is 42.1 Å². The van der Waals surface area contributed by atoms with Gasteiger partial charge in [-0.05, 0) is 31.1 Å². The lowest BCUT2D eigenvalue weighted by Gasteiger charge is -2.33. The molecular formula is C16H23N3O3S. The molecule has 126 valence electrons. The van der Waals surface area contributed by atoms with Crippen LogP contribution in [0.4, 0.5) is 4.79 Å². The summed E-state index contributed by atoms with van der Waals surface area (Å²) in [5.41, 5.74) is 0.0866. The van der Waals surface area contributed by atoms with Crippen LogP contribution in [-0.2, 0) is 9.53 Å². The summed E-state index contributed by atoms with van der Waals surface area (Å²) in [6.07, 6.45) is 5.26.